The fraction of sp³-hybridized carbons (Fsp3) is 0.769. The molecule has 20 heavy (non-hydrogen) atoms. The Morgan fingerprint density at radius 2 is 1.80 bits per heavy atom. The van der Waals surface area contributed by atoms with Crippen molar-refractivity contribution in [1.82, 2.24) is 10.6 Å². The summed E-state index contributed by atoms with van der Waals surface area (Å²) in [5.74, 6) is -2.27. The van der Waals surface area contributed by atoms with Crippen LogP contribution in [0.25, 0.3) is 0 Å². The van der Waals surface area contributed by atoms with Gasteiger partial charge in [-0.3, -0.25) is 4.79 Å². The largest absolute Gasteiger partial charge is 0.481 e. The summed E-state index contributed by atoms with van der Waals surface area (Å²) in [6.07, 6.45) is 4.57. The highest BCUT2D eigenvalue weighted by molar-refractivity contribution is 5.86. The number of rotatable bonds is 5. The Morgan fingerprint density at radius 1 is 1.15 bits per heavy atom. The van der Waals surface area contributed by atoms with E-state index >= 15 is 0 Å². The van der Waals surface area contributed by atoms with Gasteiger partial charge < -0.3 is 20.8 Å². The number of aliphatic carboxylic acids is 2. The van der Waals surface area contributed by atoms with E-state index in [0.717, 1.165) is 32.1 Å². The third kappa shape index (κ3) is 5.46. The van der Waals surface area contributed by atoms with Crippen molar-refractivity contribution in [2.24, 2.45) is 5.92 Å². The van der Waals surface area contributed by atoms with Crippen LogP contribution in [0.3, 0.4) is 0 Å². The topological polar surface area (TPSA) is 116 Å². The first-order chi connectivity index (χ1) is 9.40. The Bertz CT molecular complexity index is 372. The molecule has 0 heterocycles. The van der Waals surface area contributed by atoms with Gasteiger partial charge in [0, 0.05) is 6.04 Å². The van der Waals surface area contributed by atoms with Gasteiger partial charge in [-0.05, 0) is 18.8 Å². The minimum Gasteiger partial charge on any atom is -0.481 e. The van der Waals surface area contributed by atoms with Crippen LogP contribution in [0, 0.1) is 5.92 Å². The maximum atomic E-state index is 11.8. The zero-order valence-corrected chi connectivity index (χ0v) is 11.6. The minimum atomic E-state index is -1.41. The molecule has 0 aromatic rings. The second kappa shape index (κ2) is 7.72. The van der Waals surface area contributed by atoms with Crippen molar-refractivity contribution in [2.45, 2.75) is 57.5 Å². The lowest BCUT2D eigenvalue weighted by Gasteiger charge is -2.24. The van der Waals surface area contributed by atoms with Crippen LogP contribution in [0.2, 0.25) is 0 Å². The summed E-state index contributed by atoms with van der Waals surface area (Å²) in [5.41, 5.74) is 0. The molecule has 114 valence electrons. The molecule has 0 aromatic carbocycles. The number of carboxylic acid groups (broad SMARTS) is 2. The smallest absolute Gasteiger partial charge is 0.326 e. The van der Waals surface area contributed by atoms with Crippen LogP contribution >= 0.6 is 0 Å². The van der Waals surface area contributed by atoms with E-state index in [1.807, 2.05) is 0 Å². The lowest BCUT2D eigenvalue weighted by molar-refractivity contribution is -0.145. The Balaban J connectivity index is 2.51. The highest BCUT2D eigenvalue weighted by atomic mass is 16.4. The lowest BCUT2D eigenvalue weighted by Crippen LogP contribution is -2.50. The summed E-state index contributed by atoms with van der Waals surface area (Å²) < 4.78 is 0. The van der Waals surface area contributed by atoms with Crippen molar-refractivity contribution in [3.63, 3.8) is 0 Å². The summed E-state index contributed by atoms with van der Waals surface area (Å²) >= 11 is 0. The summed E-state index contributed by atoms with van der Waals surface area (Å²) in [7, 11) is 0. The van der Waals surface area contributed by atoms with Crippen molar-refractivity contribution in [3.05, 3.63) is 0 Å². The first-order valence-corrected chi connectivity index (χ1v) is 6.91. The van der Waals surface area contributed by atoms with Gasteiger partial charge in [-0.1, -0.05) is 26.2 Å². The number of urea groups is 1. The molecule has 0 spiro atoms. The lowest BCUT2D eigenvalue weighted by atomic mass is 9.97. The minimum absolute atomic E-state index is 0.0109. The maximum Gasteiger partial charge on any atom is 0.326 e. The van der Waals surface area contributed by atoms with Gasteiger partial charge in [0.1, 0.15) is 6.04 Å². The Morgan fingerprint density at radius 3 is 2.40 bits per heavy atom. The Kier molecular flexibility index (Phi) is 6.27. The van der Waals surface area contributed by atoms with E-state index in [4.69, 9.17) is 10.2 Å². The van der Waals surface area contributed by atoms with Crippen LogP contribution < -0.4 is 10.6 Å². The van der Waals surface area contributed by atoms with Crippen LogP contribution in [0.1, 0.15) is 45.4 Å². The molecule has 7 nitrogen and oxygen atoms in total. The standard InChI is InChI=1S/C13H22N2O5/c1-8-5-3-2-4-6-9(8)14-13(20)15-10(12(18)19)7-11(16)17/h8-10H,2-7H2,1H3,(H,16,17)(H,18,19)(H2,14,15,20)/t8?,9?,10-/m1/s1. The third-order valence-corrected chi connectivity index (χ3v) is 3.66. The van der Waals surface area contributed by atoms with Gasteiger partial charge in [-0.15, -0.1) is 0 Å². The summed E-state index contributed by atoms with van der Waals surface area (Å²) in [6, 6.07) is -2.01. The number of hydrogen-bond acceptors (Lipinski definition) is 3. The average molecular weight is 286 g/mol. The molecule has 1 fully saturated rings. The number of amides is 2. The number of carboxylic acids is 2. The second-order valence-electron chi connectivity index (χ2n) is 5.33. The molecule has 1 aliphatic rings. The second-order valence-corrected chi connectivity index (χ2v) is 5.33. The molecular formula is C13H22N2O5. The van der Waals surface area contributed by atoms with E-state index in [1.54, 1.807) is 0 Å². The first kappa shape index (κ1) is 16.3. The van der Waals surface area contributed by atoms with E-state index < -0.39 is 30.4 Å². The van der Waals surface area contributed by atoms with Gasteiger partial charge in [-0.25, -0.2) is 9.59 Å². The number of carbonyl (C=O) groups excluding carboxylic acids is 1. The van der Waals surface area contributed by atoms with Crippen LogP contribution in [0.15, 0.2) is 0 Å². The SMILES string of the molecule is CC1CCCCCC1NC(=O)N[C@H](CC(=O)O)C(=O)O. The molecule has 2 amide bonds. The van der Waals surface area contributed by atoms with Gasteiger partial charge in [0.15, 0.2) is 0 Å². The van der Waals surface area contributed by atoms with Crippen molar-refractivity contribution in [2.75, 3.05) is 0 Å². The van der Waals surface area contributed by atoms with E-state index in [2.05, 4.69) is 17.6 Å². The zero-order valence-electron chi connectivity index (χ0n) is 11.6. The predicted octanol–water partition coefficient (Wildman–Crippen LogP) is 1.18. The third-order valence-electron chi connectivity index (χ3n) is 3.66. The van der Waals surface area contributed by atoms with Crippen LogP contribution in [-0.4, -0.2) is 40.3 Å². The average Bonchev–Trinajstić information content (AvgIpc) is 2.53. The summed E-state index contributed by atoms with van der Waals surface area (Å²) in [6.45, 7) is 2.06. The normalized spacial score (nSPS) is 24.2. The maximum absolute atomic E-state index is 11.8. The van der Waals surface area contributed by atoms with Crippen molar-refractivity contribution in [1.29, 1.82) is 0 Å². The zero-order chi connectivity index (χ0) is 15.1. The molecule has 0 saturated heterocycles. The summed E-state index contributed by atoms with van der Waals surface area (Å²) in [4.78, 5) is 33.2. The predicted molar refractivity (Wildman–Crippen MR) is 71.4 cm³/mol. The number of hydrogen-bond donors (Lipinski definition) is 4. The van der Waals surface area contributed by atoms with Crippen molar-refractivity contribution >= 4 is 18.0 Å². The van der Waals surface area contributed by atoms with Gasteiger partial charge in [0.2, 0.25) is 0 Å². The van der Waals surface area contributed by atoms with Gasteiger partial charge in [0.05, 0.1) is 6.42 Å². The van der Waals surface area contributed by atoms with E-state index in [1.165, 1.54) is 0 Å². The molecule has 1 rings (SSSR count). The van der Waals surface area contributed by atoms with Gasteiger partial charge >= 0.3 is 18.0 Å². The van der Waals surface area contributed by atoms with Gasteiger partial charge in [0.25, 0.3) is 0 Å². The fourth-order valence-corrected chi connectivity index (χ4v) is 2.45. The van der Waals surface area contributed by atoms with E-state index in [9.17, 15) is 14.4 Å². The molecule has 1 aliphatic carbocycles. The van der Waals surface area contributed by atoms with Crippen molar-refractivity contribution < 1.29 is 24.6 Å². The molecule has 4 N–H and O–H groups in total. The molecule has 1 saturated carbocycles. The summed E-state index contributed by atoms with van der Waals surface area (Å²) in [5, 5.41) is 22.4. The van der Waals surface area contributed by atoms with Crippen LogP contribution in [0.4, 0.5) is 4.79 Å². The number of carbonyl (C=O) groups is 3. The van der Waals surface area contributed by atoms with Crippen molar-refractivity contribution in [3.8, 4) is 0 Å². The molecular weight excluding hydrogens is 264 g/mol. The van der Waals surface area contributed by atoms with Gasteiger partial charge in [-0.2, -0.15) is 0 Å². The Labute approximate surface area is 117 Å². The number of nitrogens with one attached hydrogen (secondary N) is 2. The fourth-order valence-electron chi connectivity index (χ4n) is 2.45. The molecule has 0 bridgehead atoms. The highest BCUT2D eigenvalue weighted by Crippen LogP contribution is 2.22. The molecule has 0 aliphatic heterocycles. The molecule has 2 unspecified atom stereocenters. The molecule has 7 heteroatoms. The molecule has 0 radical (unpaired) electrons. The first-order valence-electron chi connectivity index (χ1n) is 6.91. The molecule has 3 atom stereocenters. The molecule has 0 aromatic heterocycles. The van der Waals surface area contributed by atoms with Crippen LogP contribution in [-0.2, 0) is 9.59 Å². The quantitative estimate of drug-likeness (QED) is 0.566. The Hall–Kier alpha value is -1.79. The van der Waals surface area contributed by atoms with E-state index in [0.29, 0.717) is 5.92 Å². The van der Waals surface area contributed by atoms with E-state index in [-0.39, 0.29) is 6.04 Å². The highest BCUT2D eigenvalue weighted by Gasteiger charge is 2.26. The van der Waals surface area contributed by atoms with Crippen LogP contribution in [0.5, 0.6) is 0 Å². The monoisotopic (exact) mass is 286 g/mol.